The van der Waals surface area contributed by atoms with Crippen molar-refractivity contribution < 1.29 is 0 Å². The first kappa shape index (κ1) is 33.7. The first-order valence-electron chi connectivity index (χ1n) is 19.8. The van der Waals surface area contributed by atoms with Crippen molar-refractivity contribution in [2.75, 3.05) is 4.90 Å². The minimum Gasteiger partial charge on any atom is -0.313 e. The standard InChI is InChI=1S/C53H37N5/c1-4-17-37(18-5-1)51-54-52(38-19-6-2-7-20-38)56-53(55-51)41-21-14-24-43(35-41)58-46-27-12-10-16-36(46)30-31-40-34-39(32-33-47(40)58)44-26-15-29-49-50(44)45-25-11-13-28-48(45)57(49)42-22-8-3-9-23-42/h1-15,17-36H,16H2. The Hall–Kier alpha value is -7.63. The van der Waals surface area contributed by atoms with E-state index in [1.54, 1.807) is 0 Å². The van der Waals surface area contributed by atoms with E-state index in [-0.39, 0.29) is 5.92 Å². The molecule has 0 saturated carbocycles. The Morgan fingerprint density at radius 1 is 0.500 bits per heavy atom. The van der Waals surface area contributed by atoms with E-state index >= 15 is 0 Å². The molecule has 0 amide bonds. The molecule has 2 aromatic heterocycles. The van der Waals surface area contributed by atoms with Crippen molar-refractivity contribution >= 4 is 39.3 Å². The van der Waals surface area contributed by atoms with Crippen molar-refractivity contribution in [3.63, 3.8) is 0 Å². The van der Waals surface area contributed by atoms with Gasteiger partial charge in [-0.3, -0.25) is 0 Å². The lowest BCUT2D eigenvalue weighted by molar-refractivity contribution is 0.749. The third-order valence-corrected chi connectivity index (χ3v) is 11.3. The van der Waals surface area contributed by atoms with E-state index in [0.29, 0.717) is 17.5 Å². The van der Waals surface area contributed by atoms with Crippen LogP contribution in [0, 0.1) is 5.92 Å². The number of benzene rings is 7. The summed E-state index contributed by atoms with van der Waals surface area (Å²) in [5, 5.41) is 2.50. The van der Waals surface area contributed by atoms with E-state index in [1.165, 1.54) is 44.2 Å². The van der Waals surface area contributed by atoms with Crippen molar-refractivity contribution in [3.05, 3.63) is 211 Å². The number of aromatic nitrogens is 4. The average molecular weight is 744 g/mol. The molecule has 1 unspecified atom stereocenters. The summed E-state index contributed by atoms with van der Waals surface area (Å²) < 4.78 is 2.38. The molecule has 1 aliphatic carbocycles. The lowest BCUT2D eigenvalue weighted by Gasteiger charge is -2.32. The topological polar surface area (TPSA) is 46.8 Å². The highest BCUT2D eigenvalue weighted by Gasteiger charge is 2.27. The van der Waals surface area contributed by atoms with Gasteiger partial charge in [0.05, 0.1) is 16.7 Å². The van der Waals surface area contributed by atoms with Crippen LogP contribution >= 0.6 is 0 Å². The molecule has 274 valence electrons. The summed E-state index contributed by atoms with van der Waals surface area (Å²) in [5.74, 6) is 2.15. The fraction of sp³-hybridized carbons (Fsp3) is 0.0377. The molecule has 0 radical (unpaired) electrons. The van der Waals surface area contributed by atoms with Crippen LogP contribution in [0.15, 0.2) is 206 Å². The molecule has 3 heterocycles. The van der Waals surface area contributed by atoms with Crippen LogP contribution in [0.25, 0.3) is 78.9 Å². The van der Waals surface area contributed by atoms with Crippen LogP contribution < -0.4 is 4.90 Å². The Morgan fingerprint density at radius 2 is 1.12 bits per heavy atom. The zero-order chi connectivity index (χ0) is 38.4. The maximum Gasteiger partial charge on any atom is 0.164 e. The summed E-state index contributed by atoms with van der Waals surface area (Å²) in [6.45, 7) is 0. The number of fused-ring (bicyclic) bond motifs is 5. The predicted molar refractivity (Wildman–Crippen MR) is 239 cm³/mol. The zero-order valence-electron chi connectivity index (χ0n) is 31.7. The SMILES string of the molecule is C1=CCC2C=Cc3cc(-c4cccc5c4c4ccccc4n5-c4ccccc4)ccc3N(c3cccc(-c4nc(-c5ccccc5)nc(-c5ccccc5)n4)c3)C2=C1. The fourth-order valence-corrected chi connectivity index (χ4v) is 8.60. The number of hydrogen-bond donors (Lipinski definition) is 0. The molecular formula is C53H37N5. The van der Waals surface area contributed by atoms with Gasteiger partial charge in [0.2, 0.25) is 0 Å². The normalized spacial score (nSPS) is 14.6. The summed E-state index contributed by atoms with van der Waals surface area (Å²) in [4.78, 5) is 17.5. The van der Waals surface area contributed by atoms with Crippen molar-refractivity contribution in [1.29, 1.82) is 0 Å². The van der Waals surface area contributed by atoms with Crippen molar-refractivity contribution in [2.45, 2.75) is 6.42 Å². The van der Waals surface area contributed by atoms with Gasteiger partial charge in [-0.2, -0.15) is 0 Å². The minimum absolute atomic E-state index is 0.225. The fourth-order valence-electron chi connectivity index (χ4n) is 8.60. The molecule has 58 heavy (non-hydrogen) atoms. The van der Waals surface area contributed by atoms with Crippen LogP contribution in [-0.4, -0.2) is 19.5 Å². The maximum atomic E-state index is 5.06. The monoisotopic (exact) mass is 743 g/mol. The molecule has 7 aromatic carbocycles. The van der Waals surface area contributed by atoms with Crippen LogP contribution in [0.4, 0.5) is 11.4 Å². The van der Waals surface area contributed by atoms with Crippen LogP contribution in [0.3, 0.4) is 0 Å². The third-order valence-electron chi connectivity index (χ3n) is 11.3. The molecule has 0 spiro atoms. The smallest absolute Gasteiger partial charge is 0.164 e. The molecule has 2 aliphatic rings. The van der Waals surface area contributed by atoms with Crippen molar-refractivity contribution in [1.82, 2.24) is 19.5 Å². The molecule has 1 atom stereocenters. The molecule has 5 heteroatoms. The molecule has 11 rings (SSSR count). The Kier molecular flexibility index (Phi) is 8.21. The van der Waals surface area contributed by atoms with E-state index < -0.39 is 0 Å². The van der Waals surface area contributed by atoms with Crippen LogP contribution in [-0.2, 0) is 0 Å². The summed E-state index contributed by atoms with van der Waals surface area (Å²) in [5.41, 5.74) is 13.4. The molecule has 0 saturated heterocycles. The van der Waals surface area contributed by atoms with Crippen LogP contribution in [0.1, 0.15) is 12.0 Å². The predicted octanol–water partition coefficient (Wildman–Crippen LogP) is 13.3. The number of hydrogen-bond acceptors (Lipinski definition) is 4. The van der Waals surface area contributed by atoms with E-state index in [0.717, 1.165) is 40.2 Å². The Morgan fingerprint density at radius 3 is 1.88 bits per heavy atom. The summed E-state index contributed by atoms with van der Waals surface area (Å²) in [6.07, 6.45) is 12.3. The molecule has 0 bridgehead atoms. The van der Waals surface area contributed by atoms with Crippen LogP contribution in [0.5, 0.6) is 0 Å². The number of allylic oxidation sites excluding steroid dienone is 4. The Balaban J connectivity index is 1.06. The van der Waals surface area contributed by atoms with Gasteiger partial charge in [-0.25, -0.2) is 15.0 Å². The maximum absolute atomic E-state index is 5.06. The van der Waals surface area contributed by atoms with Gasteiger partial charge in [0.25, 0.3) is 0 Å². The molecular weight excluding hydrogens is 707 g/mol. The number of nitrogens with zero attached hydrogens (tertiary/aromatic N) is 5. The first-order valence-corrected chi connectivity index (χ1v) is 19.8. The molecule has 5 nitrogen and oxygen atoms in total. The van der Waals surface area contributed by atoms with Gasteiger partial charge in [0, 0.05) is 50.5 Å². The van der Waals surface area contributed by atoms with E-state index in [1.807, 2.05) is 60.7 Å². The van der Waals surface area contributed by atoms with E-state index in [9.17, 15) is 0 Å². The summed E-state index contributed by atoms with van der Waals surface area (Å²) >= 11 is 0. The lowest BCUT2D eigenvalue weighted by Crippen LogP contribution is -2.22. The lowest BCUT2D eigenvalue weighted by atomic mass is 9.95. The van der Waals surface area contributed by atoms with Crippen molar-refractivity contribution in [3.8, 4) is 51.0 Å². The summed E-state index contributed by atoms with van der Waals surface area (Å²) in [6, 6.07) is 62.0. The van der Waals surface area contributed by atoms with Gasteiger partial charge in [-0.05, 0) is 77.7 Å². The highest BCUT2D eigenvalue weighted by molar-refractivity contribution is 6.16. The quantitative estimate of drug-likeness (QED) is 0.170. The van der Waals surface area contributed by atoms with Gasteiger partial charge in [-0.15, -0.1) is 0 Å². The van der Waals surface area contributed by atoms with Crippen LogP contribution in [0.2, 0.25) is 0 Å². The molecule has 1 aliphatic heterocycles. The first-order chi connectivity index (χ1) is 28.8. The van der Waals surface area contributed by atoms with E-state index in [2.05, 4.69) is 155 Å². The minimum atomic E-state index is 0.225. The number of anilines is 2. The number of para-hydroxylation sites is 2. The zero-order valence-corrected chi connectivity index (χ0v) is 31.7. The van der Waals surface area contributed by atoms with Gasteiger partial charge in [-0.1, -0.05) is 152 Å². The second-order valence-electron chi connectivity index (χ2n) is 14.8. The molecule has 0 N–H and O–H groups in total. The highest BCUT2D eigenvalue weighted by Crippen LogP contribution is 2.45. The van der Waals surface area contributed by atoms with E-state index in [4.69, 9.17) is 15.0 Å². The highest BCUT2D eigenvalue weighted by atomic mass is 15.2. The number of rotatable bonds is 6. The average Bonchev–Trinajstić information content (AvgIpc) is 3.55. The largest absolute Gasteiger partial charge is 0.313 e. The summed E-state index contributed by atoms with van der Waals surface area (Å²) in [7, 11) is 0. The van der Waals surface area contributed by atoms with Gasteiger partial charge in [0.1, 0.15) is 0 Å². The third kappa shape index (κ3) is 5.84. The molecule has 0 fully saturated rings. The van der Waals surface area contributed by atoms with Gasteiger partial charge in [0.15, 0.2) is 17.5 Å². The van der Waals surface area contributed by atoms with Gasteiger partial charge >= 0.3 is 0 Å². The Labute approximate surface area is 337 Å². The van der Waals surface area contributed by atoms with Gasteiger partial charge < -0.3 is 9.47 Å². The van der Waals surface area contributed by atoms with Crippen molar-refractivity contribution in [2.24, 2.45) is 5.92 Å². The second-order valence-corrected chi connectivity index (χ2v) is 14.8. The second kappa shape index (κ2) is 14.1. The Bertz CT molecular complexity index is 3030. The molecule has 9 aromatic rings.